The maximum absolute atomic E-state index is 14.8. The largest absolute Gasteiger partial charge is 0.460 e. The minimum atomic E-state index is -4.41. The van der Waals surface area contributed by atoms with Crippen molar-refractivity contribution in [3.05, 3.63) is 179 Å². The van der Waals surface area contributed by atoms with Crippen LogP contribution in [0.5, 0.6) is 0 Å². The zero-order chi connectivity index (χ0) is 34.6. The minimum absolute atomic E-state index is 0.0195. The summed E-state index contributed by atoms with van der Waals surface area (Å²) in [4.78, 5) is 29.6. The zero-order valence-corrected chi connectivity index (χ0v) is 28.3. The van der Waals surface area contributed by atoms with Gasteiger partial charge in [-0.1, -0.05) is 127 Å². The first-order chi connectivity index (χ1) is 23.6. The highest BCUT2D eigenvalue weighted by atomic mass is 35.5. The van der Waals surface area contributed by atoms with Crippen molar-refractivity contribution in [2.45, 2.75) is 37.0 Å². The Morgan fingerprint density at radius 3 is 1.67 bits per heavy atom. The van der Waals surface area contributed by atoms with Crippen LogP contribution in [0.2, 0.25) is 5.02 Å². The third kappa shape index (κ3) is 6.49. The second-order valence-corrected chi connectivity index (χ2v) is 14.2. The van der Waals surface area contributed by atoms with Gasteiger partial charge in [0.1, 0.15) is 13.2 Å². The molecule has 6 rings (SSSR count). The predicted octanol–water partition coefficient (Wildman–Crippen LogP) is 8.04. The first kappa shape index (κ1) is 33.7. The fourth-order valence-electron chi connectivity index (χ4n) is 6.32. The number of aryl methyl sites for hydroxylation is 1. The molecule has 5 aromatic rings. The summed E-state index contributed by atoms with van der Waals surface area (Å²) in [6, 6.07) is 38.1. The van der Waals surface area contributed by atoms with E-state index < -0.39 is 39.3 Å². The molecule has 0 aliphatic heterocycles. The molecule has 0 N–H and O–H groups in total. The Kier molecular flexibility index (Phi) is 9.72. The normalized spacial score (nSPS) is 16.7. The smallest absolute Gasteiger partial charge is 0.327 e. The number of hydrogen-bond acceptors (Lipinski definition) is 6. The number of rotatable bonds is 11. The molecule has 2 atom stereocenters. The van der Waals surface area contributed by atoms with Crippen LogP contribution in [0.1, 0.15) is 28.2 Å². The van der Waals surface area contributed by atoms with Crippen molar-refractivity contribution in [2.75, 3.05) is 4.31 Å². The molecule has 0 spiro atoms. The molecule has 0 saturated heterocycles. The first-order valence-corrected chi connectivity index (χ1v) is 17.5. The van der Waals surface area contributed by atoms with Gasteiger partial charge in [0.25, 0.3) is 10.0 Å². The monoisotopic (exact) mass is 691 g/mol. The molecule has 49 heavy (non-hydrogen) atoms. The molecule has 0 unspecified atom stereocenters. The van der Waals surface area contributed by atoms with Gasteiger partial charge in [-0.15, -0.1) is 0 Å². The lowest BCUT2D eigenvalue weighted by atomic mass is 9.51. The molecule has 1 aliphatic carbocycles. The molecule has 0 bridgehead atoms. The van der Waals surface area contributed by atoms with Crippen LogP contribution in [0.4, 0.5) is 5.69 Å². The Morgan fingerprint density at radius 1 is 0.714 bits per heavy atom. The number of carbonyl (C=O) groups excluding carboxylic acids is 2. The van der Waals surface area contributed by atoms with Crippen LogP contribution in [0.3, 0.4) is 0 Å². The van der Waals surface area contributed by atoms with Crippen LogP contribution in [-0.2, 0) is 42.3 Å². The first-order valence-electron chi connectivity index (χ1n) is 15.7. The Labute approximate surface area is 291 Å². The molecular formula is C40H34ClNO6S. The Morgan fingerprint density at radius 2 is 1.18 bits per heavy atom. The van der Waals surface area contributed by atoms with Crippen molar-refractivity contribution in [1.82, 2.24) is 0 Å². The standard InChI is InChI=1S/C40H34ClNO6S/c1-28-18-24-35(25-19-28)49(45,46)42(34-16-10-5-11-17-34)37-29(2)36(32-20-22-33(41)23-21-32)40(37,38(43)47-26-30-12-6-3-7-13-30)39(44)48-27-31-14-8-4-9-15-31/h3-25,36-37H,2,26-27H2,1H3/t36-,37+/m0/s1. The van der Waals surface area contributed by atoms with E-state index in [0.717, 1.165) is 9.87 Å². The van der Waals surface area contributed by atoms with Gasteiger partial charge in [0, 0.05) is 10.9 Å². The van der Waals surface area contributed by atoms with Gasteiger partial charge in [0.05, 0.1) is 16.6 Å². The molecule has 5 aromatic carbocycles. The highest BCUT2D eigenvalue weighted by Gasteiger charge is 2.73. The molecule has 0 amide bonds. The van der Waals surface area contributed by atoms with Crippen LogP contribution >= 0.6 is 11.6 Å². The molecule has 0 aromatic heterocycles. The van der Waals surface area contributed by atoms with E-state index in [1.165, 1.54) is 12.1 Å². The summed E-state index contributed by atoms with van der Waals surface area (Å²) in [6.07, 6.45) is 0. The zero-order valence-electron chi connectivity index (χ0n) is 26.7. The predicted molar refractivity (Wildman–Crippen MR) is 189 cm³/mol. The summed E-state index contributed by atoms with van der Waals surface area (Å²) in [7, 11) is -4.41. The molecular weight excluding hydrogens is 658 g/mol. The molecule has 1 saturated carbocycles. The van der Waals surface area contributed by atoms with Crippen molar-refractivity contribution in [3.8, 4) is 0 Å². The average Bonchev–Trinajstić information content (AvgIpc) is 3.12. The Bertz CT molecular complexity index is 2000. The quantitative estimate of drug-likeness (QED) is 0.0792. The number of ether oxygens (including phenoxy) is 2. The van der Waals surface area contributed by atoms with Gasteiger partial charge in [-0.3, -0.25) is 13.9 Å². The van der Waals surface area contributed by atoms with Crippen molar-refractivity contribution in [3.63, 3.8) is 0 Å². The molecule has 1 fully saturated rings. The van der Waals surface area contributed by atoms with E-state index in [4.69, 9.17) is 21.1 Å². The van der Waals surface area contributed by atoms with Gasteiger partial charge in [-0.25, -0.2) is 8.42 Å². The maximum Gasteiger partial charge on any atom is 0.327 e. The number of sulfonamides is 1. The fraction of sp³-hybridized carbons (Fsp3) is 0.150. The van der Waals surface area contributed by atoms with Gasteiger partial charge >= 0.3 is 11.9 Å². The van der Waals surface area contributed by atoms with Crippen LogP contribution in [0, 0.1) is 12.3 Å². The van der Waals surface area contributed by atoms with Crippen LogP contribution < -0.4 is 4.31 Å². The van der Waals surface area contributed by atoms with Gasteiger partial charge in [0.15, 0.2) is 0 Å². The SMILES string of the molecule is C=C1[C@@H](c2ccc(Cl)cc2)C(C(=O)OCc2ccccc2)(C(=O)OCc2ccccc2)[C@@H]1N(c1ccccc1)S(=O)(=O)c1ccc(C)cc1. The topological polar surface area (TPSA) is 90.0 Å². The van der Waals surface area contributed by atoms with E-state index in [1.54, 1.807) is 91.0 Å². The highest BCUT2D eigenvalue weighted by Crippen LogP contribution is 2.61. The van der Waals surface area contributed by atoms with Crippen LogP contribution in [-0.4, -0.2) is 26.4 Å². The average molecular weight is 692 g/mol. The van der Waals surface area contributed by atoms with E-state index in [9.17, 15) is 18.0 Å². The van der Waals surface area contributed by atoms with Gasteiger partial charge in [-0.05, 0) is 65.6 Å². The van der Waals surface area contributed by atoms with Crippen LogP contribution in [0.15, 0.2) is 157 Å². The molecule has 1 aliphatic rings. The maximum atomic E-state index is 14.8. The van der Waals surface area contributed by atoms with Crippen molar-refractivity contribution < 1.29 is 27.5 Å². The second kappa shape index (κ2) is 14.1. The summed E-state index contributed by atoms with van der Waals surface area (Å²) in [5, 5.41) is 0.446. The Hall–Kier alpha value is -5.18. The third-order valence-corrected chi connectivity index (χ3v) is 10.8. The van der Waals surface area contributed by atoms with Crippen molar-refractivity contribution in [2.24, 2.45) is 5.41 Å². The fourth-order valence-corrected chi connectivity index (χ4v) is 8.14. The molecule has 7 nitrogen and oxygen atoms in total. The van der Waals surface area contributed by atoms with Gasteiger partial charge in [0.2, 0.25) is 5.41 Å². The van der Waals surface area contributed by atoms with E-state index in [2.05, 4.69) is 6.58 Å². The van der Waals surface area contributed by atoms with E-state index in [-0.39, 0.29) is 23.8 Å². The number of carbonyl (C=O) groups is 2. The lowest BCUT2D eigenvalue weighted by Crippen LogP contribution is -2.70. The second-order valence-electron chi connectivity index (χ2n) is 11.9. The van der Waals surface area contributed by atoms with Gasteiger partial charge < -0.3 is 9.47 Å². The summed E-state index contributed by atoms with van der Waals surface area (Å²) in [5.41, 5.74) is 1.11. The summed E-state index contributed by atoms with van der Waals surface area (Å²) >= 11 is 6.25. The minimum Gasteiger partial charge on any atom is -0.460 e. The molecule has 9 heteroatoms. The van der Waals surface area contributed by atoms with Crippen molar-refractivity contribution in [1.29, 1.82) is 0 Å². The van der Waals surface area contributed by atoms with Crippen molar-refractivity contribution >= 4 is 39.3 Å². The lowest BCUT2D eigenvalue weighted by Gasteiger charge is -2.56. The van der Waals surface area contributed by atoms with E-state index in [1.807, 2.05) is 43.3 Å². The number of para-hydroxylation sites is 1. The summed E-state index contributed by atoms with van der Waals surface area (Å²) in [5.74, 6) is -2.89. The third-order valence-electron chi connectivity index (χ3n) is 8.74. The number of nitrogens with zero attached hydrogens (tertiary/aromatic N) is 1. The molecule has 248 valence electrons. The number of benzene rings is 5. The Balaban J connectivity index is 1.55. The number of halogens is 1. The highest BCUT2D eigenvalue weighted by molar-refractivity contribution is 7.92. The van der Waals surface area contributed by atoms with E-state index >= 15 is 0 Å². The summed E-state index contributed by atoms with van der Waals surface area (Å²) < 4.78 is 42.6. The number of esters is 2. The van der Waals surface area contributed by atoms with Crippen LogP contribution in [0.25, 0.3) is 0 Å². The lowest BCUT2D eigenvalue weighted by molar-refractivity contribution is -0.181. The number of hydrogen-bond donors (Lipinski definition) is 0. The molecule has 0 heterocycles. The van der Waals surface area contributed by atoms with E-state index in [0.29, 0.717) is 27.3 Å². The molecule has 0 radical (unpaired) electrons. The summed E-state index contributed by atoms with van der Waals surface area (Å²) in [6.45, 7) is 5.87. The van der Waals surface area contributed by atoms with Gasteiger partial charge in [-0.2, -0.15) is 0 Å². The number of anilines is 1.